The first-order chi connectivity index (χ1) is 24.8. The second-order valence-corrected chi connectivity index (χ2v) is 12.9. The van der Waals surface area contributed by atoms with Crippen LogP contribution in [-0.2, 0) is 0 Å². The van der Waals surface area contributed by atoms with E-state index in [1.165, 1.54) is 49.2 Å². The number of hydrogen-bond acceptors (Lipinski definition) is 2. The Morgan fingerprint density at radius 3 is 1.80 bits per heavy atom. The average molecular weight is 638 g/mol. The molecule has 0 unspecified atom stereocenters. The van der Waals surface area contributed by atoms with Crippen molar-refractivity contribution in [2.24, 2.45) is 0 Å². The zero-order chi connectivity index (χ0) is 33.0. The summed E-state index contributed by atoms with van der Waals surface area (Å²) in [6.07, 6.45) is 0. The third kappa shape index (κ3) is 4.57. The Morgan fingerprint density at radius 2 is 0.940 bits per heavy atom. The molecule has 10 rings (SSSR count). The van der Waals surface area contributed by atoms with Gasteiger partial charge in [0.2, 0.25) is 0 Å². The summed E-state index contributed by atoms with van der Waals surface area (Å²) in [4.78, 5) is 2.40. The zero-order valence-electron chi connectivity index (χ0n) is 27.3. The smallest absolute Gasteiger partial charge is 0.136 e. The Morgan fingerprint density at radius 1 is 0.320 bits per heavy atom. The minimum atomic E-state index is 0.890. The summed E-state index contributed by atoms with van der Waals surface area (Å²) in [5.41, 5.74) is 9.85. The minimum absolute atomic E-state index is 0.890. The maximum Gasteiger partial charge on any atom is 0.136 e. The van der Waals surface area contributed by atoms with E-state index < -0.39 is 0 Å². The molecule has 1 aromatic heterocycles. The van der Waals surface area contributed by atoms with Crippen molar-refractivity contribution in [3.63, 3.8) is 0 Å². The maximum atomic E-state index is 6.41. The second-order valence-electron chi connectivity index (χ2n) is 12.9. The van der Waals surface area contributed by atoms with Crippen LogP contribution in [-0.4, -0.2) is 0 Å². The highest BCUT2D eigenvalue weighted by atomic mass is 16.3. The summed E-state index contributed by atoms with van der Waals surface area (Å²) in [5, 5.41) is 9.63. The van der Waals surface area contributed by atoms with Gasteiger partial charge < -0.3 is 9.32 Å². The van der Waals surface area contributed by atoms with Gasteiger partial charge in [-0.1, -0.05) is 140 Å². The van der Waals surface area contributed by atoms with E-state index in [4.69, 9.17) is 4.42 Å². The lowest BCUT2D eigenvalue weighted by molar-refractivity contribution is 0.669. The van der Waals surface area contributed by atoms with Gasteiger partial charge in [-0.3, -0.25) is 0 Å². The van der Waals surface area contributed by atoms with Gasteiger partial charge in [-0.2, -0.15) is 0 Å². The number of anilines is 3. The monoisotopic (exact) mass is 637 g/mol. The molecular formula is C48H31NO. The summed E-state index contributed by atoms with van der Waals surface area (Å²) < 4.78 is 6.41. The number of hydrogen-bond donors (Lipinski definition) is 0. The van der Waals surface area contributed by atoms with E-state index in [1.807, 2.05) is 12.1 Å². The first-order valence-electron chi connectivity index (χ1n) is 17.1. The molecule has 2 nitrogen and oxygen atoms in total. The van der Waals surface area contributed by atoms with E-state index in [0.29, 0.717) is 0 Å². The Hall–Kier alpha value is -6.64. The largest absolute Gasteiger partial charge is 0.456 e. The van der Waals surface area contributed by atoms with Crippen LogP contribution in [0.4, 0.5) is 17.1 Å². The molecule has 0 atom stereocenters. The normalized spacial score (nSPS) is 11.6. The van der Waals surface area contributed by atoms with Crippen LogP contribution in [0.25, 0.3) is 76.5 Å². The van der Waals surface area contributed by atoms with E-state index in [0.717, 1.165) is 44.4 Å². The average Bonchev–Trinajstić information content (AvgIpc) is 3.55. The molecule has 0 radical (unpaired) electrons. The van der Waals surface area contributed by atoms with E-state index in [2.05, 4.69) is 181 Å². The molecule has 0 saturated carbocycles. The molecule has 0 N–H and O–H groups in total. The topological polar surface area (TPSA) is 16.4 Å². The summed E-state index contributed by atoms with van der Waals surface area (Å²) in [7, 11) is 0. The van der Waals surface area contributed by atoms with Crippen molar-refractivity contribution in [3.8, 4) is 22.3 Å². The Labute approximate surface area is 290 Å². The van der Waals surface area contributed by atoms with Crippen LogP contribution in [0.3, 0.4) is 0 Å². The number of rotatable bonds is 5. The molecule has 1 heterocycles. The molecule has 234 valence electrons. The first kappa shape index (κ1) is 28.4. The molecule has 0 spiro atoms. The highest BCUT2D eigenvalue weighted by Crippen LogP contribution is 2.45. The van der Waals surface area contributed by atoms with Crippen molar-refractivity contribution >= 4 is 71.3 Å². The van der Waals surface area contributed by atoms with Crippen molar-refractivity contribution in [2.45, 2.75) is 0 Å². The van der Waals surface area contributed by atoms with Crippen molar-refractivity contribution in [1.82, 2.24) is 0 Å². The lowest BCUT2D eigenvalue weighted by atomic mass is 9.93. The Bertz CT molecular complexity index is 2870. The van der Waals surface area contributed by atoms with Gasteiger partial charge in [0.25, 0.3) is 0 Å². The highest BCUT2D eigenvalue weighted by Gasteiger charge is 2.20. The van der Waals surface area contributed by atoms with Crippen LogP contribution in [0, 0.1) is 0 Å². The quantitative estimate of drug-likeness (QED) is 0.175. The fourth-order valence-corrected chi connectivity index (χ4v) is 7.70. The molecule has 0 saturated heterocycles. The van der Waals surface area contributed by atoms with E-state index in [-0.39, 0.29) is 0 Å². The van der Waals surface area contributed by atoms with Crippen LogP contribution < -0.4 is 4.90 Å². The summed E-state index contributed by atoms with van der Waals surface area (Å²) in [5.74, 6) is 0. The van der Waals surface area contributed by atoms with Crippen molar-refractivity contribution < 1.29 is 4.42 Å². The molecule has 0 fully saturated rings. The Balaban J connectivity index is 1.20. The van der Waals surface area contributed by atoms with Crippen LogP contribution in [0.5, 0.6) is 0 Å². The number of para-hydroxylation sites is 2. The number of benzene rings is 9. The highest BCUT2D eigenvalue weighted by molar-refractivity contribution is 6.15. The Kier molecular flexibility index (Phi) is 6.53. The summed E-state index contributed by atoms with van der Waals surface area (Å²) in [6.45, 7) is 0. The number of furan rings is 1. The third-order valence-corrected chi connectivity index (χ3v) is 10.0. The molecular weight excluding hydrogens is 607 g/mol. The van der Waals surface area contributed by atoms with E-state index >= 15 is 0 Å². The van der Waals surface area contributed by atoms with E-state index in [9.17, 15) is 0 Å². The van der Waals surface area contributed by atoms with Gasteiger partial charge in [0, 0.05) is 27.4 Å². The molecule has 50 heavy (non-hydrogen) atoms. The standard InChI is InChI=1S/C48H31NO/c1-2-13-32(14-3-1)38-18-8-10-22-45(38)49(46-23-12-16-35-30-44-41-21-9-11-24-47(41)50-48(44)31-43(35)46)36-27-25-33(26-28-36)42-29-34-15-4-5-17-37(34)39-19-6-7-20-40(39)42/h1-31H. The second kappa shape index (κ2) is 11.5. The minimum Gasteiger partial charge on any atom is -0.456 e. The maximum absolute atomic E-state index is 6.41. The molecule has 2 heteroatoms. The van der Waals surface area contributed by atoms with Gasteiger partial charge in [-0.05, 0) is 92.2 Å². The van der Waals surface area contributed by atoms with Crippen LogP contribution >= 0.6 is 0 Å². The van der Waals surface area contributed by atoms with Crippen LogP contribution in [0.15, 0.2) is 192 Å². The molecule has 0 aliphatic carbocycles. The summed E-state index contributed by atoms with van der Waals surface area (Å²) >= 11 is 0. The van der Waals surface area contributed by atoms with Gasteiger partial charge in [-0.15, -0.1) is 0 Å². The lowest BCUT2D eigenvalue weighted by Gasteiger charge is -2.29. The molecule has 9 aromatic carbocycles. The number of nitrogens with zero attached hydrogens (tertiary/aromatic N) is 1. The van der Waals surface area contributed by atoms with Gasteiger partial charge >= 0.3 is 0 Å². The van der Waals surface area contributed by atoms with Crippen molar-refractivity contribution in [1.29, 1.82) is 0 Å². The predicted molar refractivity (Wildman–Crippen MR) is 212 cm³/mol. The molecule has 0 amide bonds. The molecule has 0 aliphatic rings. The SMILES string of the molecule is c1ccc(-c2ccccc2N(c2ccc(-c3cc4ccccc4c4ccccc34)cc2)c2cccc3cc4c(cc23)oc2ccccc24)cc1. The fourth-order valence-electron chi connectivity index (χ4n) is 7.70. The van der Waals surface area contributed by atoms with Crippen molar-refractivity contribution in [2.75, 3.05) is 4.90 Å². The first-order valence-corrected chi connectivity index (χ1v) is 17.1. The molecule has 0 bridgehead atoms. The van der Waals surface area contributed by atoms with Crippen molar-refractivity contribution in [3.05, 3.63) is 188 Å². The summed E-state index contributed by atoms with van der Waals surface area (Å²) in [6, 6.07) is 67.5. The van der Waals surface area contributed by atoms with E-state index in [1.54, 1.807) is 0 Å². The van der Waals surface area contributed by atoms with Crippen LogP contribution in [0.2, 0.25) is 0 Å². The zero-order valence-corrected chi connectivity index (χ0v) is 27.3. The fraction of sp³-hybridized carbons (Fsp3) is 0. The third-order valence-electron chi connectivity index (χ3n) is 10.0. The van der Waals surface area contributed by atoms with Crippen LogP contribution in [0.1, 0.15) is 0 Å². The lowest BCUT2D eigenvalue weighted by Crippen LogP contribution is -2.11. The number of fused-ring (bicyclic) bond motifs is 7. The molecule has 10 aromatic rings. The van der Waals surface area contributed by atoms with Gasteiger partial charge in [0.05, 0.1) is 11.4 Å². The predicted octanol–water partition coefficient (Wildman–Crippen LogP) is 13.8. The van der Waals surface area contributed by atoms with Gasteiger partial charge in [0.1, 0.15) is 11.2 Å². The van der Waals surface area contributed by atoms with Gasteiger partial charge in [0.15, 0.2) is 0 Å². The van der Waals surface area contributed by atoms with Gasteiger partial charge in [-0.25, -0.2) is 0 Å². The molecule has 0 aliphatic heterocycles.